The van der Waals surface area contributed by atoms with Crippen molar-refractivity contribution in [3.05, 3.63) is 21.8 Å². The second kappa shape index (κ2) is 5.53. The number of hydrogen-bond acceptors (Lipinski definition) is 6. The average molecular weight is 281 g/mol. The molecule has 0 fully saturated rings. The molecule has 1 aromatic heterocycles. The fourth-order valence-corrected chi connectivity index (χ4v) is 2.28. The van der Waals surface area contributed by atoms with Gasteiger partial charge in [-0.05, 0) is 19.1 Å². The molecule has 0 bridgehead atoms. The fourth-order valence-electron chi connectivity index (χ4n) is 1.54. The Labute approximate surface area is 111 Å². The lowest BCUT2D eigenvalue weighted by Crippen LogP contribution is -2.02. The Balaban J connectivity index is 2.48. The van der Waals surface area contributed by atoms with Crippen LogP contribution < -0.4 is 15.0 Å². The van der Waals surface area contributed by atoms with Gasteiger partial charge in [-0.25, -0.2) is 4.79 Å². The summed E-state index contributed by atoms with van der Waals surface area (Å²) in [7, 11) is 0. The van der Waals surface area contributed by atoms with Gasteiger partial charge in [-0.3, -0.25) is 10.2 Å². The Hall–Kier alpha value is -2.35. The monoisotopic (exact) mass is 281 g/mol. The van der Waals surface area contributed by atoms with Crippen molar-refractivity contribution in [2.24, 2.45) is 5.10 Å². The van der Waals surface area contributed by atoms with E-state index in [-0.39, 0.29) is 4.87 Å². The fraction of sp³-hybridized carbons (Fsp3) is 0.182. The van der Waals surface area contributed by atoms with E-state index in [0.29, 0.717) is 23.6 Å². The van der Waals surface area contributed by atoms with Crippen molar-refractivity contribution in [2.45, 2.75) is 6.92 Å². The third-order valence-electron chi connectivity index (χ3n) is 2.21. The van der Waals surface area contributed by atoms with Crippen LogP contribution in [0.25, 0.3) is 10.2 Å². The summed E-state index contributed by atoms with van der Waals surface area (Å²) < 4.78 is 6.15. The minimum absolute atomic E-state index is 0.200. The highest BCUT2D eigenvalue weighted by molar-refractivity contribution is 7.16. The van der Waals surface area contributed by atoms with Gasteiger partial charge in [0.15, 0.2) is 0 Å². The number of rotatable bonds is 5. The molecule has 0 amide bonds. The van der Waals surface area contributed by atoms with Crippen molar-refractivity contribution < 1.29 is 14.6 Å². The number of carboxylic acids is 1. The van der Waals surface area contributed by atoms with Gasteiger partial charge in [0.2, 0.25) is 0 Å². The molecular weight excluding hydrogens is 270 g/mol. The number of hydrazone groups is 1. The van der Waals surface area contributed by atoms with Crippen molar-refractivity contribution in [1.29, 1.82) is 0 Å². The van der Waals surface area contributed by atoms with Gasteiger partial charge in [-0.15, -0.1) is 0 Å². The topological polar surface area (TPSA) is 104 Å². The number of anilines is 1. The zero-order valence-electron chi connectivity index (χ0n) is 9.97. The molecule has 0 saturated heterocycles. The quantitative estimate of drug-likeness (QED) is 0.568. The third kappa shape index (κ3) is 2.91. The first-order valence-electron chi connectivity index (χ1n) is 5.42. The van der Waals surface area contributed by atoms with Gasteiger partial charge in [0.1, 0.15) is 17.7 Å². The lowest BCUT2D eigenvalue weighted by atomic mass is 10.2. The van der Waals surface area contributed by atoms with Gasteiger partial charge < -0.3 is 14.8 Å². The van der Waals surface area contributed by atoms with Crippen LogP contribution in [0.1, 0.15) is 6.92 Å². The first-order chi connectivity index (χ1) is 9.11. The molecule has 0 atom stereocenters. The highest BCUT2D eigenvalue weighted by Gasteiger charge is 2.11. The van der Waals surface area contributed by atoms with Crippen molar-refractivity contribution in [3.8, 4) is 5.75 Å². The zero-order valence-corrected chi connectivity index (χ0v) is 10.8. The predicted octanol–water partition coefficient (Wildman–Crippen LogP) is 1.47. The number of hydrogen-bond donors (Lipinski definition) is 3. The number of aliphatic carboxylic acids is 1. The van der Waals surface area contributed by atoms with Crippen LogP contribution in [0.2, 0.25) is 0 Å². The molecule has 2 aromatic rings. The maximum atomic E-state index is 11.4. The molecule has 0 radical (unpaired) electrons. The van der Waals surface area contributed by atoms with Crippen LogP contribution >= 0.6 is 11.3 Å². The van der Waals surface area contributed by atoms with E-state index < -0.39 is 5.97 Å². The standard InChI is InChI=1S/C11H11N3O4S/c1-2-18-6-3-4-7-10(13-11(17)19-7)9(6)14-12-5-8(15)16/h3-5,14H,2H2,1H3,(H,13,17)(H,15,16). The normalized spacial score (nSPS) is 11.0. The molecule has 0 aliphatic rings. The number of thiazole rings is 1. The van der Waals surface area contributed by atoms with Crippen LogP contribution in [-0.4, -0.2) is 28.9 Å². The molecule has 0 unspecified atom stereocenters. The maximum absolute atomic E-state index is 11.4. The Morgan fingerprint density at radius 2 is 2.42 bits per heavy atom. The van der Waals surface area contributed by atoms with Gasteiger partial charge in [-0.1, -0.05) is 11.3 Å². The van der Waals surface area contributed by atoms with Crippen molar-refractivity contribution in [2.75, 3.05) is 12.0 Å². The van der Waals surface area contributed by atoms with Gasteiger partial charge in [0.25, 0.3) is 0 Å². The number of aromatic nitrogens is 1. The molecule has 8 heteroatoms. The van der Waals surface area contributed by atoms with Crippen LogP contribution in [0.4, 0.5) is 5.69 Å². The highest BCUT2D eigenvalue weighted by Crippen LogP contribution is 2.33. The predicted molar refractivity (Wildman–Crippen MR) is 73.4 cm³/mol. The molecule has 0 spiro atoms. The van der Waals surface area contributed by atoms with Crippen molar-refractivity contribution >= 4 is 39.4 Å². The number of carboxylic acid groups (broad SMARTS) is 1. The Bertz CT molecular complexity index is 689. The summed E-state index contributed by atoms with van der Waals surface area (Å²) in [4.78, 5) is 24.2. The van der Waals surface area contributed by atoms with Crippen molar-refractivity contribution in [1.82, 2.24) is 4.98 Å². The summed E-state index contributed by atoms with van der Waals surface area (Å²) in [5.74, 6) is -0.678. The van der Waals surface area contributed by atoms with E-state index in [0.717, 1.165) is 22.3 Å². The molecular formula is C11H11N3O4S. The van der Waals surface area contributed by atoms with Crippen LogP contribution in [-0.2, 0) is 4.79 Å². The maximum Gasteiger partial charge on any atom is 0.348 e. The number of H-pyrrole nitrogens is 1. The highest BCUT2D eigenvalue weighted by atomic mass is 32.1. The lowest BCUT2D eigenvalue weighted by molar-refractivity contribution is -0.128. The summed E-state index contributed by atoms with van der Waals surface area (Å²) in [5, 5.41) is 12.1. The lowest BCUT2D eigenvalue weighted by Gasteiger charge is -2.09. The van der Waals surface area contributed by atoms with Crippen LogP contribution in [0.15, 0.2) is 22.0 Å². The summed E-state index contributed by atoms with van der Waals surface area (Å²) in [6.07, 6.45) is 0.721. The summed E-state index contributed by atoms with van der Waals surface area (Å²) >= 11 is 1.06. The van der Waals surface area contributed by atoms with Crippen molar-refractivity contribution in [3.63, 3.8) is 0 Å². The number of carbonyl (C=O) groups is 1. The molecule has 0 aliphatic heterocycles. The van der Waals surface area contributed by atoms with E-state index in [2.05, 4.69) is 15.5 Å². The summed E-state index contributed by atoms with van der Waals surface area (Å²) in [6.45, 7) is 2.27. The molecule has 7 nitrogen and oxygen atoms in total. The SMILES string of the molecule is CCOc1ccc2sc(=O)[nH]c2c1NN=CC(=O)O. The third-order valence-corrected chi connectivity index (χ3v) is 3.06. The van der Waals surface area contributed by atoms with Crippen LogP contribution in [0.3, 0.4) is 0 Å². The molecule has 0 saturated carbocycles. The minimum Gasteiger partial charge on any atom is -0.492 e. The van der Waals surface area contributed by atoms with E-state index in [9.17, 15) is 9.59 Å². The van der Waals surface area contributed by atoms with Gasteiger partial charge in [0.05, 0.1) is 16.8 Å². The second-order valence-electron chi connectivity index (χ2n) is 3.47. The molecule has 1 heterocycles. The Kier molecular flexibility index (Phi) is 3.81. The van der Waals surface area contributed by atoms with Gasteiger partial charge >= 0.3 is 10.8 Å². The summed E-state index contributed by atoms with van der Waals surface area (Å²) in [5.41, 5.74) is 3.57. The largest absolute Gasteiger partial charge is 0.492 e. The number of nitrogens with one attached hydrogen (secondary N) is 2. The molecule has 3 N–H and O–H groups in total. The van der Waals surface area contributed by atoms with Crippen LogP contribution in [0.5, 0.6) is 5.75 Å². The minimum atomic E-state index is -1.17. The van der Waals surface area contributed by atoms with E-state index in [4.69, 9.17) is 9.84 Å². The van der Waals surface area contributed by atoms with E-state index in [1.54, 1.807) is 12.1 Å². The molecule has 1 aromatic carbocycles. The number of benzene rings is 1. The van der Waals surface area contributed by atoms with E-state index in [1.165, 1.54) is 0 Å². The van der Waals surface area contributed by atoms with Gasteiger partial charge in [-0.2, -0.15) is 5.10 Å². The summed E-state index contributed by atoms with van der Waals surface area (Å²) in [6, 6.07) is 3.46. The van der Waals surface area contributed by atoms with Gasteiger partial charge in [0, 0.05) is 0 Å². The van der Waals surface area contributed by atoms with E-state index in [1.807, 2.05) is 6.92 Å². The molecule has 19 heavy (non-hydrogen) atoms. The number of fused-ring (bicyclic) bond motifs is 1. The first kappa shape index (κ1) is 13.1. The Morgan fingerprint density at radius 1 is 1.63 bits per heavy atom. The smallest absolute Gasteiger partial charge is 0.348 e. The molecule has 0 aliphatic carbocycles. The second-order valence-corrected chi connectivity index (χ2v) is 4.48. The van der Waals surface area contributed by atoms with E-state index >= 15 is 0 Å². The van der Waals surface area contributed by atoms with Crippen LogP contribution in [0, 0.1) is 0 Å². The number of nitrogens with zero attached hydrogens (tertiary/aromatic N) is 1. The Morgan fingerprint density at radius 3 is 3.11 bits per heavy atom. The number of ether oxygens (including phenoxy) is 1. The average Bonchev–Trinajstić information content (AvgIpc) is 2.72. The molecule has 100 valence electrons. The first-order valence-corrected chi connectivity index (χ1v) is 6.24. The zero-order chi connectivity index (χ0) is 13.8. The number of aromatic amines is 1. The molecule has 2 rings (SSSR count).